The number of carboxylic acids is 1. The van der Waals surface area contributed by atoms with E-state index < -0.39 is 5.97 Å². The van der Waals surface area contributed by atoms with Gasteiger partial charge in [0.1, 0.15) is 5.75 Å². The predicted molar refractivity (Wildman–Crippen MR) is 103 cm³/mol. The summed E-state index contributed by atoms with van der Waals surface area (Å²) in [5, 5.41) is 11.9. The van der Waals surface area contributed by atoms with Crippen molar-refractivity contribution in [3.63, 3.8) is 0 Å². The molecule has 0 spiro atoms. The molecule has 0 atom stereocenters. The molecular weight excluding hydrogens is 316 g/mol. The lowest BCUT2D eigenvalue weighted by atomic mass is 10.1. The van der Waals surface area contributed by atoms with Crippen LogP contribution in [-0.4, -0.2) is 56.3 Å². The molecule has 1 heterocycles. The first-order chi connectivity index (χ1) is 12.0. The molecule has 0 amide bonds. The van der Waals surface area contributed by atoms with Gasteiger partial charge in [-0.3, -0.25) is 0 Å². The molecular formula is C20H30N2O3. The molecule has 0 unspecified atom stereocenters. The molecule has 0 bridgehead atoms. The Balaban J connectivity index is 0.000000370. The van der Waals surface area contributed by atoms with Crippen LogP contribution < -0.4 is 10.1 Å². The van der Waals surface area contributed by atoms with E-state index in [4.69, 9.17) is 9.84 Å². The van der Waals surface area contributed by atoms with E-state index in [1.165, 1.54) is 19.2 Å². The van der Waals surface area contributed by atoms with Crippen molar-refractivity contribution in [2.45, 2.75) is 19.8 Å². The maximum Gasteiger partial charge on any atom is 0.328 e. The molecule has 2 rings (SSSR count). The van der Waals surface area contributed by atoms with Crippen molar-refractivity contribution in [1.29, 1.82) is 0 Å². The normalized spacial score (nSPS) is 15.6. The average molecular weight is 346 g/mol. The highest BCUT2D eigenvalue weighted by atomic mass is 16.5. The molecule has 0 radical (unpaired) electrons. The molecule has 0 aliphatic carbocycles. The van der Waals surface area contributed by atoms with E-state index in [9.17, 15) is 4.79 Å². The summed E-state index contributed by atoms with van der Waals surface area (Å²) in [5.41, 5.74) is 2.04. The lowest BCUT2D eigenvalue weighted by molar-refractivity contribution is -0.131. The van der Waals surface area contributed by atoms with Crippen molar-refractivity contribution >= 4 is 12.0 Å². The van der Waals surface area contributed by atoms with Crippen LogP contribution in [0, 0.1) is 0 Å². The van der Waals surface area contributed by atoms with Crippen LogP contribution in [0.2, 0.25) is 0 Å². The molecule has 1 saturated heterocycles. The zero-order valence-electron chi connectivity index (χ0n) is 15.5. The molecule has 0 saturated carbocycles. The number of benzene rings is 1. The van der Waals surface area contributed by atoms with Crippen LogP contribution in [0.3, 0.4) is 0 Å². The number of allylic oxidation sites excluding steroid dienone is 2. The monoisotopic (exact) mass is 346 g/mol. The number of rotatable bonds is 6. The SMILES string of the molecule is CCCC(C=CC(=O)O)=Cc1ccc(OC)cc1.CN1CCNCC1. The second kappa shape index (κ2) is 12.3. The molecule has 0 aromatic heterocycles. The molecule has 1 aromatic carbocycles. The summed E-state index contributed by atoms with van der Waals surface area (Å²) in [5.74, 6) is -0.114. The number of aliphatic carboxylic acids is 1. The first kappa shape index (κ1) is 20.9. The third-order valence-corrected chi connectivity index (χ3v) is 3.79. The minimum Gasteiger partial charge on any atom is -0.497 e. The number of ether oxygens (including phenoxy) is 1. The second-order valence-electron chi connectivity index (χ2n) is 5.97. The van der Waals surface area contributed by atoms with Gasteiger partial charge in [-0.2, -0.15) is 0 Å². The highest BCUT2D eigenvalue weighted by molar-refractivity contribution is 5.80. The number of carboxylic acid groups (broad SMARTS) is 1. The van der Waals surface area contributed by atoms with Gasteiger partial charge in [0.2, 0.25) is 0 Å². The van der Waals surface area contributed by atoms with Crippen molar-refractivity contribution in [1.82, 2.24) is 10.2 Å². The number of hydrogen-bond donors (Lipinski definition) is 2. The van der Waals surface area contributed by atoms with Crippen LogP contribution in [0.4, 0.5) is 0 Å². The minimum atomic E-state index is -0.924. The number of piperazine rings is 1. The van der Waals surface area contributed by atoms with Gasteiger partial charge in [-0.25, -0.2) is 4.79 Å². The molecule has 2 N–H and O–H groups in total. The summed E-state index contributed by atoms with van der Waals surface area (Å²) in [4.78, 5) is 12.8. The van der Waals surface area contributed by atoms with Crippen molar-refractivity contribution < 1.29 is 14.6 Å². The summed E-state index contributed by atoms with van der Waals surface area (Å²) in [6.07, 6.45) is 6.64. The van der Waals surface area contributed by atoms with Crippen LogP contribution in [0.5, 0.6) is 5.75 Å². The predicted octanol–water partition coefficient (Wildman–Crippen LogP) is 3.04. The summed E-state index contributed by atoms with van der Waals surface area (Å²) < 4.78 is 5.09. The number of likely N-dealkylation sites (N-methyl/N-ethyl adjacent to an activating group) is 1. The Morgan fingerprint density at radius 3 is 2.32 bits per heavy atom. The van der Waals surface area contributed by atoms with Crippen LogP contribution in [-0.2, 0) is 4.79 Å². The fraction of sp³-hybridized carbons (Fsp3) is 0.450. The van der Waals surface area contributed by atoms with Crippen LogP contribution in [0.15, 0.2) is 42.0 Å². The largest absolute Gasteiger partial charge is 0.497 e. The molecule has 1 aliphatic rings. The lowest BCUT2D eigenvalue weighted by Crippen LogP contribution is -2.40. The van der Waals surface area contributed by atoms with E-state index in [0.29, 0.717) is 0 Å². The van der Waals surface area contributed by atoms with Gasteiger partial charge >= 0.3 is 5.97 Å². The highest BCUT2D eigenvalue weighted by Gasteiger charge is 2.01. The summed E-state index contributed by atoms with van der Waals surface area (Å²) in [6.45, 7) is 6.81. The topological polar surface area (TPSA) is 61.8 Å². The molecule has 138 valence electrons. The van der Waals surface area contributed by atoms with E-state index in [0.717, 1.165) is 42.8 Å². The van der Waals surface area contributed by atoms with E-state index >= 15 is 0 Å². The zero-order chi connectivity index (χ0) is 18.5. The lowest BCUT2D eigenvalue weighted by Gasteiger charge is -2.21. The van der Waals surface area contributed by atoms with Gasteiger partial charge in [-0.05, 0) is 36.7 Å². The first-order valence-corrected chi connectivity index (χ1v) is 8.70. The van der Waals surface area contributed by atoms with Crippen LogP contribution in [0.25, 0.3) is 6.08 Å². The van der Waals surface area contributed by atoms with Crippen molar-refractivity contribution in [2.24, 2.45) is 0 Å². The molecule has 1 aromatic rings. The Hall–Kier alpha value is -2.11. The van der Waals surface area contributed by atoms with Crippen LogP contribution >= 0.6 is 0 Å². The van der Waals surface area contributed by atoms with Crippen molar-refractivity contribution in [3.8, 4) is 5.75 Å². The maximum absolute atomic E-state index is 10.5. The van der Waals surface area contributed by atoms with E-state index in [2.05, 4.69) is 24.2 Å². The number of nitrogens with zero attached hydrogens (tertiary/aromatic N) is 1. The van der Waals surface area contributed by atoms with Crippen LogP contribution in [0.1, 0.15) is 25.3 Å². The highest BCUT2D eigenvalue weighted by Crippen LogP contribution is 2.16. The summed E-state index contributed by atoms with van der Waals surface area (Å²) in [6, 6.07) is 7.67. The van der Waals surface area contributed by atoms with Gasteiger partial charge in [-0.1, -0.05) is 37.6 Å². The van der Waals surface area contributed by atoms with Crippen molar-refractivity contribution in [3.05, 3.63) is 47.6 Å². The Bertz CT molecular complexity index is 559. The Kier molecular flexibility index (Phi) is 10.3. The number of hydrogen-bond acceptors (Lipinski definition) is 4. The Morgan fingerprint density at radius 1 is 1.24 bits per heavy atom. The first-order valence-electron chi connectivity index (χ1n) is 8.70. The van der Waals surface area contributed by atoms with Gasteiger partial charge < -0.3 is 20.1 Å². The van der Waals surface area contributed by atoms with Gasteiger partial charge in [0, 0.05) is 32.3 Å². The number of nitrogens with one attached hydrogen (secondary N) is 1. The third kappa shape index (κ3) is 9.69. The molecule has 1 aliphatic heterocycles. The molecule has 5 heteroatoms. The molecule has 5 nitrogen and oxygen atoms in total. The Morgan fingerprint density at radius 2 is 1.88 bits per heavy atom. The number of carbonyl (C=O) groups is 1. The Labute approximate surface area is 151 Å². The average Bonchev–Trinajstić information content (AvgIpc) is 2.62. The smallest absolute Gasteiger partial charge is 0.328 e. The summed E-state index contributed by atoms with van der Waals surface area (Å²) >= 11 is 0. The standard InChI is InChI=1S/C15H18O3.C5H12N2/c1-3-4-12(7-10-15(16)17)11-13-5-8-14(18-2)9-6-13;1-7-4-2-6-3-5-7/h5-11H,3-4H2,1-2H3,(H,16,17);6H,2-5H2,1H3. The quantitative estimate of drug-likeness (QED) is 0.612. The van der Waals surface area contributed by atoms with Crippen molar-refractivity contribution in [2.75, 3.05) is 40.3 Å². The van der Waals surface area contributed by atoms with E-state index in [1.807, 2.05) is 30.3 Å². The zero-order valence-corrected chi connectivity index (χ0v) is 15.5. The fourth-order valence-electron chi connectivity index (χ4n) is 2.36. The van der Waals surface area contributed by atoms with Gasteiger partial charge in [0.15, 0.2) is 0 Å². The number of methoxy groups -OCH3 is 1. The third-order valence-electron chi connectivity index (χ3n) is 3.79. The maximum atomic E-state index is 10.5. The fourth-order valence-corrected chi connectivity index (χ4v) is 2.36. The van der Waals surface area contributed by atoms with Gasteiger partial charge in [0.05, 0.1) is 7.11 Å². The van der Waals surface area contributed by atoms with Gasteiger partial charge in [0.25, 0.3) is 0 Å². The van der Waals surface area contributed by atoms with E-state index in [1.54, 1.807) is 13.2 Å². The minimum absolute atomic E-state index is 0.810. The molecule has 25 heavy (non-hydrogen) atoms. The summed E-state index contributed by atoms with van der Waals surface area (Å²) in [7, 11) is 3.78. The molecule has 1 fully saturated rings. The van der Waals surface area contributed by atoms with Gasteiger partial charge in [-0.15, -0.1) is 0 Å². The van der Waals surface area contributed by atoms with E-state index in [-0.39, 0.29) is 0 Å². The second-order valence-corrected chi connectivity index (χ2v) is 5.97.